The SMILES string of the molecule is O=C(CSc1nnc(N2CCOCC2)n1C1CC1)Nc1ccc2nc(C(F)(F)F)[nH]c2c1. The van der Waals surface area contributed by atoms with Crippen LogP contribution in [0.3, 0.4) is 0 Å². The summed E-state index contributed by atoms with van der Waals surface area (Å²) in [7, 11) is 0. The number of alkyl halides is 3. The minimum absolute atomic E-state index is 0.1000. The molecule has 0 radical (unpaired) electrons. The van der Waals surface area contributed by atoms with E-state index in [1.54, 1.807) is 0 Å². The number of carbonyl (C=O) groups excluding carboxylic acids is 1. The Bertz CT molecular complexity index is 1140. The Balaban J connectivity index is 1.25. The van der Waals surface area contributed by atoms with Gasteiger partial charge in [-0.1, -0.05) is 11.8 Å². The molecule has 1 aliphatic carbocycles. The van der Waals surface area contributed by atoms with Crippen molar-refractivity contribution in [3.63, 3.8) is 0 Å². The zero-order valence-electron chi connectivity index (χ0n) is 16.9. The first-order valence-corrected chi connectivity index (χ1v) is 11.1. The largest absolute Gasteiger partial charge is 0.449 e. The number of hydrogen-bond acceptors (Lipinski definition) is 7. The fourth-order valence-electron chi connectivity index (χ4n) is 3.55. The first-order chi connectivity index (χ1) is 15.4. The molecule has 2 aromatic heterocycles. The monoisotopic (exact) mass is 467 g/mol. The summed E-state index contributed by atoms with van der Waals surface area (Å²) in [5.41, 5.74) is 0.766. The number of ether oxygens (including phenoxy) is 1. The molecule has 1 amide bonds. The van der Waals surface area contributed by atoms with Crippen molar-refractivity contribution < 1.29 is 22.7 Å². The number of anilines is 2. The summed E-state index contributed by atoms with van der Waals surface area (Å²) in [4.78, 5) is 20.4. The molecule has 2 N–H and O–H groups in total. The van der Waals surface area contributed by atoms with E-state index < -0.39 is 12.0 Å². The summed E-state index contributed by atoms with van der Waals surface area (Å²) >= 11 is 1.29. The maximum Gasteiger partial charge on any atom is 0.449 e. The van der Waals surface area contributed by atoms with Crippen LogP contribution in [0.1, 0.15) is 24.7 Å². The van der Waals surface area contributed by atoms with E-state index in [0.29, 0.717) is 30.1 Å². The van der Waals surface area contributed by atoms with E-state index in [1.807, 2.05) is 0 Å². The number of fused-ring (bicyclic) bond motifs is 1. The molecule has 0 spiro atoms. The second-order valence-electron chi connectivity index (χ2n) is 7.64. The van der Waals surface area contributed by atoms with Gasteiger partial charge in [0.2, 0.25) is 17.7 Å². The number of aromatic amines is 1. The van der Waals surface area contributed by atoms with Gasteiger partial charge in [0.15, 0.2) is 5.16 Å². The van der Waals surface area contributed by atoms with E-state index in [1.165, 1.54) is 30.0 Å². The molecule has 0 atom stereocenters. The zero-order chi connectivity index (χ0) is 22.3. The molecule has 5 rings (SSSR count). The molecule has 32 heavy (non-hydrogen) atoms. The van der Waals surface area contributed by atoms with Crippen LogP contribution >= 0.6 is 11.8 Å². The number of morpholine rings is 1. The minimum atomic E-state index is -4.56. The predicted octanol–water partition coefficient (Wildman–Crippen LogP) is 3.08. The van der Waals surface area contributed by atoms with Crippen LogP contribution < -0.4 is 10.2 Å². The Kier molecular flexibility index (Phi) is 5.45. The lowest BCUT2D eigenvalue weighted by Crippen LogP contribution is -2.38. The van der Waals surface area contributed by atoms with Crippen molar-refractivity contribution in [3.05, 3.63) is 24.0 Å². The molecule has 1 aliphatic heterocycles. The van der Waals surface area contributed by atoms with Gasteiger partial charge in [0.25, 0.3) is 0 Å². The van der Waals surface area contributed by atoms with Gasteiger partial charge in [0, 0.05) is 24.8 Å². The molecule has 1 aromatic carbocycles. The average Bonchev–Trinajstić information content (AvgIpc) is 3.36. The van der Waals surface area contributed by atoms with Crippen LogP contribution in [0.25, 0.3) is 11.0 Å². The summed E-state index contributed by atoms with van der Waals surface area (Å²) < 4.78 is 46.0. The van der Waals surface area contributed by atoms with Crippen molar-refractivity contribution in [2.75, 3.05) is 42.3 Å². The van der Waals surface area contributed by atoms with Gasteiger partial charge in [-0.25, -0.2) is 4.98 Å². The Labute approximate surface area is 184 Å². The van der Waals surface area contributed by atoms with Crippen LogP contribution in [0.4, 0.5) is 24.8 Å². The van der Waals surface area contributed by atoms with Crippen molar-refractivity contribution in [1.82, 2.24) is 24.7 Å². The lowest BCUT2D eigenvalue weighted by atomic mass is 10.3. The van der Waals surface area contributed by atoms with Gasteiger partial charge in [-0.15, -0.1) is 10.2 Å². The van der Waals surface area contributed by atoms with Crippen molar-refractivity contribution in [2.45, 2.75) is 30.2 Å². The second-order valence-corrected chi connectivity index (χ2v) is 8.58. The van der Waals surface area contributed by atoms with Gasteiger partial charge in [0.05, 0.1) is 30.0 Å². The standard InChI is InChI=1S/C19H20F3N7O2S/c20-19(21,22)16-24-13-4-1-11(9-14(13)25-16)23-15(30)10-32-18-27-26-17(29(18)12-2-3-12)28-5-7-31-8-6-28/h1,4,9,12H,2-3,5-8,10H2,(H,23,30)(H,24,25). The minimum Gasteiger partial charge on any atom is -0.378 e. The molecule has 2 fully saturated rings. The molecule has 2 aliphatic rings. The zero-order valence-corrected chi connectivity index (χ0v) is 17.7. The van der Waals surface area contributed by atoms with Gasteiger partial charge in [-0.2, -0.15) is 13.2 Å². The van der Waals surface area contributed by atoms with Crippen LogP contribution in [0.5, 0.6) is 0 Å². The second kappa shape index (κ2) is 8.28. The Morgan fingerprint density at radius 3 is 2.75 bits per heavy atom. The maximum atomic E-state index is 12.8. The number of aromatic nitrogens is 5. The van der Waals surface area contributed by atoms with Gasteiger partial charge in [-0.3, -0.25) is 9.36 Å². The van der Waals surface area contributed by atoms with Gasteiger partial charge < -0.3 is 19.9 Å². The van der Waals surface area contributed by atoms with Crippen molar-refractivity contribution in [3.8, 4) is 0 Å². The number of H-pyrrole nitrogens is 1. The first-order valence-electron chi connectivity index (χ1n) is 10.2. The fourth-order valence-corrected chi connectivity index (χ4v) is 4.35. The van der Waals surface area contributed by atoms with Gasteiger partial charge in [0.1, 0.15) is 0 Å². The molecular weight excluding hydrogens is 447 g/mol. The third kappa shape index (κ3) is 4.39. The van der Waals surface area contributed by atoms with Crippen LogP contribution in [0, 0.1) is 0 Å². The lowest BCUT2D eigenvalue weighted by molar-refractivity contribution is -0.144. The van der Waals surface area contributed by atoms with Crippen LogP contribution in [-0.4, -0.2) is 62.7 Å². The van der Waals surface area contributed by atoms with E-state index in [2.05, 4.69) is 34.9 Å². The van der Waals surface area contributed by atoms with Crippen molar-refractivity contribution in [1.29, 1.82) is 0 Å². The number of carbonyl (C=O) groups is 1. The summed E-state index contributed by atoms with van der Waals surface area (Å²) in [6.07, 6.45) is -2.45. The highest BCUT2D eigenvalue weighted by atomic mass is 32.2. The number of amides is 1. The van der Waals surface area contributed by atoms with E-state index in [0.717, 1.165) is 31.9 Å². The van der Waals surface area contributed by atoms with Crippen LogP contribution in [0.2, 0.25) is 0 Å². The molecule has 13 heteroatoms. The average molecular weight is 467 g/mol. The highest BCUT2D eigenvalue weighted by Crippen LogP contribution is 2.41. The number of hydrogen-bond donors (Lipinski definition) is 2. The number of imidazole rings is 1. The van der Waals surface area contributed by atoms with Gasteiger partial charge in [-0.05, 0) is 31.0 Å². The molecule has 3 aromatic rings. The highest BCUT2D eigenvalue weighted by molar-refractivity contribution is 7.99. The number of thioether (sulfide) groups is 1. The summed E-state index contributed by atoms with van der Waals surface area (Å²) in [5, 5.41) is 12.0. The number of rotatable bonds is 6. The van der Waals surface area contributed by atoms with E-state index in [9.17, 15) is 18.0 Å². The third-order valence-electron chi connectivity index (χ3n) is 5.22. The van der Waals surface area contributed by atoms with Gasteiger partial charge >= 0.3 is 6.18 Å². The summed E-state index contributed by atoms with van der Waals surface area (Å²) in [6, 6.07) is 4.74. The molecule has 1 saturated heterocycles. The quantitative estimate of drug-likeness (QED) is 0.538. The Morgan fingerprint density at radius 1 is 1.25 bits per heavy atom. The number of nitrogens with one attached hydrogen (secondary N) is 2. The topological polar surface area (TPSA) is 101 Å². The molecule has 1 saturated carbocycles. The van der Waals surface area contributed by atoms with Crippen molar-refractivity contribution >= 4 is 40.3 Å². The fraction of sp³-hybridized carbons (Fsp3) is 0.474. The van der Waals surface area contributed by atoms with E-state index >= 15 is 0 Å². The smallest absolute Gasteiger partial charge is 0.378 e. The molecule has 3 heterocycles. The number of benzene rings is 1. The van der Waals surface area contributed by atoms with Crippen molar-refractivity contribution in [2.24, 2.45) is 0 Å². The van der Waals surface area contributed by atoms with E-state index in [-0.39, 0.29) is 22.7 Å². The maximum absolute atomic E-state index is 12.8. The number of halogens is 3. The normalized spacial score (nSPS) is 17.2. The molecule has 9 nitrogen and oxygen atoms in total. The molecular formula is C19H20F3N7O2S. The third-order valence-corrected chi connectivity index (χ3v) is 6.16. The van der Waals surface area contributed by atoms with E-state index in [4.69, 9.17) is 4.74 Å². The van der Waals surface area contributed by atoms with Crippen LogP contribution in [0.15, 0.2) is 23.4 Å². The number of nitrogens with zero attached hydrogens (tertiary/aromatic N) is 5. The Morgan fingerprint density at radius 2 is 2.03 bits per heavy atom. The lowest BCUT2D eigenvalue weighted by Gasteiger charge is -2.27. The highest BCUT2D eigenvalue weighted by Gasteiger charge is 2.35. The first kappa shape index (κ1) is 21.1. The Hall–Kier alpha value is -2.80. The molecule has 0 unspecified atom stereocenters. The summed E-state index contributed by atoms with van der Waals surface area (Å²) in [6.45, 7) is 2.80. The predicted molar refractivity (Wildman–Crippen MR) is 112 cm³/mol. The van der Waals surface area contributed by atoms with Crippen LogP contribution in [-0.2, 0) is 15.7 Å². The summed E-state index contributed by atoms with van der Waals surface area (Å²) in [5.74, 6) is -0.447. The molecule has 170 valence electrons. The molecule has 0 bridgehead atoms.